The second-order valence-electron chi connectivity index (χ2n) is 6.52. The van der Waals surface area contributed by atoms with Crippen LogP contribution < -0.4 is 9.74 Å². The fraction of sp³-hybridized carbons (Fsp3) is 0.0500. The molecule has 2 aromatic heterocycles. The molecule has 5 aromatic rings. The molecule has 0 radical (unpaired) electrons. The lowest BCUT2D eigenvalue weighted by atomic mass is 10.0. The normalized spacial score (nSPS) is 13.1. The quantitative estimate of drug-likeness (QED) is 0.242. The first-order chi connectivity index (χ1) is 13.7. The molecule has 0 fully saturated rings. The standard InChI is InChI=1S/C20H10F3NO4S/c21-20(22,23)29(26,27)28-16-10-9-13-11-5-3-4-8-15(11)24-18(13)17(16)12-6-1-2-7-14(12)19(24)25/h1-10H. The molecule has 0 bridgehead atoms. The maximum Gasteiger partial charge on any atom is 0.534 e. The van der Waals surface area contributed by atoms with E-state index in [1.807, 2.05) is 0 Å². The third-order valence-corrected chi connectivity index (χ3v) is 5.88. The number of nitrogens with zero attached hydrogens (tertiary/aromatic N) is 1. The smallest absolute Gasteiger partial charge is 0.375 e. The van der Waals surface area contributed by atoms with Gasteiger partial charge in [-0.2, -0.15) is 21.6 Å². The molecule has 0 amide bonds. The molecule has 0 saturated carbocycles. The number of halogens is 3. The van der Waals surface area contributed by atoms with Crippen LogP contribution >= 0.6 is 0 Å². The van der Waals surface area contributed by atoms with Crippen LogP contribution in [0, 0.1) is 0 Å². The van der Waals surface area contributed by atoms with Crippen molar-refractivity contribution < 1.29 is 25.8 Å². The number of benzene rings is 3. The molecule has 5 rings (SSSR count). The van der Waals surface area contributed by atoms with Crippen LogP contribution in [0.4, 0.5) is 13.2 Å². The highest BCUT2D eigenvalue weighted by Gasteiger charge is 2.48. The van der Waals surface area contributed by atoms with Gasteiger partial charge in [0.2, 0.25) is 0 Å². The summed E-state index contributed by atoms with van der Waals surface area (Å²) in [4.78, 5) is 13.1. The zero-order valence-electron chi connectivity index (χ0n) is 14.4. The second-order valence-corrected chi connectivity index (χ2v) is 8.06. The Hall–Kier alpha value is -3.33. The van der Waals surface area contributed by atoms with E-state index in [1.165, 1.54) is 22.6 Å². The molecule has 29 heavy (non-hydrogen) atoms. The van der Waals surface area contributed by atoms with Gasteiger partial charge in [0.05, 0.1) is 16.4 Å². The van der Waals surface area contributed by atoms with Crippen LogP contribution in [0.15, 0.2) is 65.5 Å². The van der Waals surface area contributed by atoms with E-state index in [1.54, 1.807) is 42.5 Å². The van der Waals surface area contributed by atoms with E-state index in [-0.39, 0.29) is 16.3 Å². The zero-order valence-corrected chi connectivity index (χ0v) is 15.2. The van der Waals surface area contributed by atoms with Gasteiger partial charge in [0.1, 0.15) is 0 Å². The molecule has 0 unspecified atom stereocenters. The van der Waals surface area contributed by atoms with Crippen molar-refractivity contribution in [3.05, 3.63) is 71.0 Å². The average Bonchev–Trinajstić information content (AvgIpc) is 3.01. The number of rotatable bonds is 2. The lowest BCUT2D eigenvalue weighted by Gasteiger charge is -2.13. The van der Waals surface area contributed by atoms with E-state index < -0.39 is 21.4 Å². The van der Waals surface area contributed by atoms with Gasteiger partial charge in [0.25, 0.3) is 5.56 Å². The number of aromatic nitrogens is 1. The van der Waals surface area contributed by atoms with Gasteiger partial charge in [-0.15, -0.1) is 0 Å². The molecule has 3 aromatic carbocycles. The summed E-state index contributed by atoms with van der Waals surface area (Å²) in [6, 6.07) is 16.0. The van der Waals surface area contributed by atoms with Crippen LogP contribution in [0.1, 0.15) is 0 Å². The largest absolute Gasteiger partial charge is 0.534 e. The Bertz CT molecular complexity index is 1600. The van der Waals surface area contributed by atoms with Gasteiger partial charge in [-0.05, 0) is 24.3 Å². The third-order valence-electron chi connectivity index (χ3n) is 4.91. The maximum absolute atomic E-state index is 13.1. The molecule has 146 valence electrons. The zero-order chi connectivity index (χ0) is 20.6. The fourth-order valence-electron chi connectivity index (χ4n) is 3.75. The van der Waals surface area contributed by atoms with Gasteiger partial charge >= 0.3 is 15.6 Å². The molecule has 0 N–H and O–H groups in total. The first-order valence-corrected chi connectivity index (χ1v) is 9.82. The van der Waals surface area contributed by atoms with Crippen LogP contribution in [-0.4, -0.2) is 18.3 Å². The van der Waals surface area contributed by atoms with E-state index >= 15 is 0 Å². The summed E-state index contributed by atoms with van der Waals surface area (Å²) in [6.45, 7) is 0. The van der Waals surface area contributed by atoms with Crippen molar-refractivity contribution >= 4 is 48.1 Å². The minimum Gasteiger partial charge on any atom is -0.375 e. The minimum atomic E-state index is -5.88. The van der Waals surface area contributed by atoms with Gasteiger partial charge in [-0.25, -0.2) is 0 Å². The minimum absolute atomic E-state index is 0.127. The monoisotopic (exact) mass is 417 g/mol. The van der Waals surface area contributed by atoms with E-state index in [0.29, 0.717) is 21.8 Å². The van der Waals surface area contributed by atoms with Crippen molar-refractivity contribution in [1.82, 2.24) is 4.40 Å². The summed E-state index contributed by atoms with van der Waals surface area (Å²) in [5, 5.41) is 2.00. The molecule has 9 heteroatoms. The van der Waals surface area contributed by atoms with E-state index in [2.05, 4.69) is 4.18 Å². The number of alkyl halides is 3. The SMILES string of the molecule is O=c1c2ccccc2c2c(OS(=O)(=O)C(F)(F)F)ccc3c4ccccc4n1c32. The lowest BCUT2D eigenvalue weighted by molar-refractivity contribution is -0.0499. The molecule has 2 heterocycles. The van der Waals surface area contributed by atoms with Crippen molar-refractivity contribution in [3.63, 3.8) is 0 Å². The van der Waals surface area contributed by atoms with E-state index in [9.17, 15) is 26.4 Å². The summed E-state index contributed by atoms with van der Waals surface area (Å²) >= 11 is 0. The Balaban J connectivity index is 2.04. The second kappa shape index (κ2) is 5.60. The van der Waals surface area contributed by atoms with Crippen molar-refractivity contribution in [2.75, 3.05) is 0 Å². The Morgan fingerprint density at radius 2 is 1.41 bits per heavy atom. The number of fused-ring (bicyclic) bond motifs is 5. The first-order valence-electron chi connectivity index (χ1n) is 8.42. The van der Waals surface area contributed by atoms with Crippen molar-refractivity contribution in [3.8, 4) is 5.75 Å². The molecular formula is C20H10F3NO4S. The van der Waals surface area contributed by atoms with Gasteiger partial charge in [-0.1, -0.05) is 36.4 Å². The highest BCUT2D eigenvalue weighted by Crippen LogP contribution is 2.40. The maximum atomic E-state index is 13.1. The Kier molecular flexibility index (Phi) is 3.43. The van der Waals surface area contributed by atoms with Crippen LogP contribution in [-0.2, 0) is 10.1 Å². The molecule has 0 atom stereocenters. The lowest BCUT2D eigenvalue weighted by Crippen LogP contribution is -2.28. The van der Waals surface area contributed by atoms with Crippen LogP contribution in [0.5, 0.6) is 5.75 Å². The summed E-state index contributed by atoms with van der Waals surface area (Å²) in [5.74, 6) is -0.487. The molecule has 0 aliphatic rings. The molecule has 0 saturated heterocycles. The van der Waals surface area contributed by atoms with E-state index in [4.69, 9.17) is 0 Å². The summed E-state index contributed by atoms with van der Waals surface area (Å²) in [6.07, 6.45) is 0. The molecular weight excluding hydrogens is 407 g/mol. The van der Waals surface area contributed by atoms with Gasteiger partial charge in [-0.3, -0.25) is 9.20 Å². The summed E-state index contributed by atoms with van der Waals surface area (Å²) in [5.41, 5.74) is -5.05. The van der Waals surface area contributed by atoms with Crippen molar-refractivity contribution in [2.24, 2.45) is 0 Å². The highest BCUT2D eigenvalue weighted by molar-refractivity contribution is 7.88. The van der Waals surface area contributed by atoms with Gasteiger partial charge < -0.3 is 4.18 Å². The molecule has 0 aliphatic carbocycles. The number of hydrogen-bond acceptors (Lipinski definition) is 4. The molecule has 5 nitrogen and oxygen atoms in total. The Morgan fingerprint density at radius 1 is 0.793 bits per heavy atom. The highest BCUT2D eigenvalue weighted by atomic mass is 32.2. The predicted molar refractivity (Wildman–Crippen MR) is 103 cm³/mol. The molecule has 0 aliphatic heterocycles. The number of pyridine rings is 1. The first kappa shape index (κ1) is 17.7. The number of hydrogen-bond donors (Lipinski definition) is 0. The Morgan fingerprint density at radius 3 is 2.10 bits per heavy atom. The van der Waals surface area contributed by atoms with Crippen LogP contribution in [0.3, 0.4) is 0 Å². The predicted octanol–water partition coefficient (Wildman–Crippen LogP) is 4.43. The average molecular weight is 417 g/mol. The third kappa shape index (κ3) is 2.34. The van der Waals surface area contributed by atoms with Crippen LogP contribution in [0.25, 0.3) is 38.0 Å². The number of para-hydroxylation sites is 1. The van der Waals surface area contributed by atoms with E-state index in [0.717, 1.165) is 5.39 Å². The molecule has 0 spiro atoms. The fourth-order valence-corrected chi connectivity index (χ4v) is 4.22. The van der Waals surface area contributed by atoms with Crippen molar-refractivity contribution in [2.45, 2.75) is 5.51 Å². The summed E-state index contributed by atoms with van der Waals surface area (Å²) < 4.78 is 67.9. The van der Waals surface area contributed by atoms with Gasteiger partial charge in [0.15, 0.2) is 5.75 Å². The van der Waals surface area contributed by atoms with Crippen molar-refractivity contribution in [1.29, 1.82) is 0 Å². The van der Waals surface area contributed by atoms with Gasteiger partial charge in [0, 0.05) is 21.5 Å². The Labute approximate surface area is 161 Å². The summed E-state index contributed by atoms with van der Waals surface area (Å²) in [7, 11) is -5.88. The van der Waals surface area contributed by atoms with Crippen LogP contribution in [0.2, 0.25) is 0 Å². The topological polar surface area (TPSA) is 64.9 Å².